The van der Waals surface area contributed by atoms with Gasteiger partial charge in [-0.2, -0.15) is 5.10 Å². The third-order valence-electron chi connectivity index (χ3n) is 3.53. The molecule has 5 nitrogen and oxygen atoms in total. The quantitative estimate of drug-likeness (QED) is 0.369. The van der Waals surface area contributed by atoms with Crippen molar-refractivity contribution in [2.45, 2.75) is 32.8 Å². The van der Waals surface area contributed by atoms with E-state index in [0.717, 1.165) is 35.2 Å². The van der Waals surface area contributed by atoms with Crippen molar-refractivity contribution in [2.75, 3.05) is 6.61 Å². The van der Waals surface area contributed by atoms with Crippen LogP contribution in [0, 0.1) is 0 Å². The van der Waals surface area contributed by atoms with Gasteiger partial charge in [0.05, 0.1) is 12.8 Å². The van der Waals surface area contributed by atoms with Crippen LogP contribution in [0.3, 0.4) is 0 Å². The van der Waals surface area contributed by atoms with Crippen molar-refractivity contribution in [3.05, 3.63) is 58.6 Å². The lowest BCUT2D eigenvalue weighted by molar-refractivity contribution is -0.127. The van der Waals surface area contributed by atoms with E-state index in [1.54, 1.807) is 25.3 Å². The molecular formula is C20H23BrN2O3. The van der Waals surface area contributed by atoms with E-state index < -0.39 is 6.10 Å². The normalized spacial score (nSPS) is 12.0. The Hall–Kier alpha value is -2.34. The fraction of sp³-hybridized carbons (Fsp3) is 0.300. The first-order chi connectivity index (χ1) is 12.6. The van der Waals surface area contributed by atoms with Crippen LogP contribution in [0.4, 0.5) is 0 Å². The summed E-state index contributed by atoms with van der Waals surface area (Å²) in [5.74, 6) is 1.14. The Morgan fingerprint density at radius 2 is 1.81 bits per heavy atom. The molecule has 1 N–H and O–H groups in total. The first-order valence-electron chi connectivity index (χ1n) is 8.56. The number of nitrogens with one attached hydrogen (secondary N) is 1. The Morgan fingerprint density at radius 3 is 2.46 bits per heavy atom. The van der Waals surface area contributed by atoms with Crippen LogP contribution in [0.1, 0.15) is 32.3 Å². The molecule has 26 heavy (non-hydrogen) atoms. The largest absolute Gasteiger partial charge is 0.494 e. The molecule has 1 unspecified atom stereocenters. The minimum absolute atomic E-state index is 0.316. The number of ether oxygens (including phenoxy) is 2. The molecule has 0 aliphatic rings. The summed E-state index contributed by atoms with van der Waals surface area (Å²) in [5, 5.41) is 3.97. The summed E-state index contributed by atoms with van der Waals surface area (Å²) in [6, 6.07) is 14.8. The number of hydrogen-bond donors (Lipinski definition) is 1. The second kappa shape index (κ2) is 10.6. The number of unbranched alkanes of at least 4 members (excludes halogenated alkanes) is 1. The fourth-order valence-electron chi connectivity index (χ4n) is 2.02. The minimum Gasteiger partial charge on any atom is -0.494 e. The molecule has 0 aliphatic carbocycles. The van der Waals surface area contributed by atoms with Gasteiger partial charge in [0, 0.05) is 4.47 Å². The van der Waals surface area contributed by atoms with E-state index in [9.17, 15) is 4.79 Å². The van der Waals surface area contributed by atoms with Gasteiger partial charge in [0.1, 0.15) is 11.5 Å². The van der Waals surface area contributed by atoms with Crippen molar-refractivity contribution in [3.63, 3.8) is 0 Å². The van der Waals surface area contributed by atoms with Gasteiger partial charge in [0.25, 0.3) is 5.91 Å². The first kappa shape index (κ1) is 20.0. The third kappa shape index (κ3) is 6.88. The molecule has 138 valence electrons. The molecule has 2 aromatic carbocycles. The summed E-state index contributed by atoms with van der Waals surface area (Å²) >= 11 is 3.36. The third-order valence-corrected chi connectivity index (χ3v) is 4.06. The number of hydrazone groups is 1. The van der Waals surface area contributed by atoms with E-state index in [1.165, 1.54) is 0 Å². The van der Waals surface area contributed by atoms with Crippen molar-refractivity contribution in [3.8, 4) is 11.5 Å². The number of carbonyl (C=O) groups excluding carboxylic acids is 1. The highest BCUT2D eigenvalue weighted by atomic mass is 79.9. The van der Waals surface area contributed by atoms with Gasteiger partial charge < -0.3 is 9.47 Å². The van der Waals surface area contributed by atoms with E-state index in [1.807, 2.05) is 36.4 Å². The SMILES string of the molecule is CCCCOc1ccc(/C=N/NC(=O)C(C)Oc2ccc(Br)cc2)cc1. The summed E-state index contributed by atoms with van der Waals surface area (Å²) < 4.78 is 12.1. The number of halogens is 1. The summed E-state index contributed by atoms with van der Waals surface area (Å²) in [4.78, 5) is 12.0. The Morgan fingerprint density at radius 1 is 1.15 bits per heavy atom. The molecule has 0 spiro atoms. The average molecular weight is 419 g/mol. The van der Waals surface area contributed by atoms with Gasteiger partial charge in [-0.3, -0.25) is 4.79 Å². The van der Waals surface area contributed by atoms with Crippen molar-refractivity contribution >= 4 is 28.1 Å². The maximum atomic E-state index is 12.0. The number of nitrogens with zero attached hydrogens (tertiary/aromatic N) is 1. The molecule has 0 fully saturated rings. The summed E-state index contributed by atoms with van der Waals surface area (Å²) in [7, 11) is 0. The maximum absolute atomic E-state index is 12.0. The van der Waals surface area contributed by atoms with E-state index in [4.69, 9.17) is 9.47 Å². The molecule has 0 saturated heterocycles. The molecule has 1 atom stereocenters. The van der Waals surface area contributed by atoms with Crippen LogP contribution in [-0.2, 0) is 4.79 Å². The highest BCUT2D eigenvalue weighted by molar-refractivity contribution is 9.10. The summed E-state index contributed by atoms with van der Waals surface area (Å²) in [6.07, 6.45) is 3.08. The van der Waals surface area contributed by atoms with E-state index in [-0.39, 0.29) is 5.91 Å². The van der Waals surface area contributed by atoms with Crippen LogP contribution >= 0.6 is 15.9 Å². The zero-order chi connectivity index (χ0) is 18.8. The highest BCUT2D eigenvalue weighted by Crippen LogP contribution is 2.17. The van der Waals surface area contributed by atoms with Gasteiger partial charge in [0.2, 0.25) is 0 Å². The lowest BCUT2D eigenvalue weighted by Crippen LogP contribution is -2.33. The molecule has 0 saturated carbocycles. The molecule has 6 heteroatoms. The van der Waals surface area contributed by atoms with Gasteiger partial charge in [-0.15, -0.1) is 0 Å². The first-order valence-corrected chi connectivity index (χ1v) is 9.36. The smallest absolute Gasteiger partial charge is 0.280 e. The molecule has 0 radical (unpaired) electrons. The highest BCUT2D eigenvalue weighted by Gasteiger charge is 2.13. The number of benzene rings is 2. The van der Waals surface area contributed by atoms with Gasteiger partial charge in [-0.1, -0.05) is 29.3 Å². The van der Waals surface area contributed by atoms with E-state index in [2.05, 4.69) is 33.4 Å². The zero-order valence-electron chi connectivity index (χ0n) is 14.9. The Kier molecular flexibility index (Phi) is 8.15. The van der Waals surface area contributed by atoms with Gasteiger partial charge >= 0.3 is 0 Å². The van der Waals surface area contributed by atoms with E-state index >= 15 is 0 Å². The molecule has 1 amide bonds. The monoisotopic (exact) mass is 418 g/mol. The maximum Gasteiger partial charge on any atom is 0.280 e. The van der Waals surface area contributed by atoms with Crippen molar-refractivity contribution in [2.24, 2.45) is 5.10 Å². The predicted octanol–water partition coefficient (Wildman–Crippen LogP) is 4.55. The second-order valence-corrected chi connectivity index (χ2v) is 6.63. The molecule has 2 aromatic rings. The van der Waals surface area contributed by atoms with Gasteiger partial charge in [-0.25, -0.2) is 5.43 Å². The summed E-state index contributed by atoms with van der Waals surface area (Å²) in [6.45, 7) is 4.52. The Bertz CT molecular complexity index is 715. The molecule has 0 heterocycles. The number of carbonyl (C=O) groups is 1. The second-order valence-electron chi connectivity index (χ2n) is 5.72. The number of hydrogen-bond acceptors (Lipinski definition) is 4. The van der Waals surface area contributed by atoms with Crippen LogP contribution < -0.4 is 14.9 Å². The van der Waals surface area contributed by atoms with E-state index in [0.29, 0.717) is 5.75 Å². The minimum atomic E-state index is -0.650. The van der Waals surface area contributed by atoms with Gasteiger partial charge in [0.15, 0.2) is 6.10 Å². The van der Waals surface area contributed by atoms with Crippen molar-refractivity contribution in [1.82, 2.24) is 5.43 Å². The molecule has 0 aromatic heterocycles. The number of amides is 1. The Labute approximate surface area is 162 Å². The lowest BCUT2D eigenvalue weighted by atomic mass is 10.2. The number of rotatable bonds is 9. The van der Waals surface area contributed by atoms with Gasteiger partial charge in [-0.05, 0) is 67.4 Å². The topological polar surface area (TPSA) is 59.9 Å². The predicted molar refractivity (Wildman–Crippen MR) is 107 cm³/mol. The zero-order valence-corrected chi connectivity index (χ0v) is 16.5. The van der Waals surface area contributed by atoms with Crippen molar-refractivity contribution in [1.29, 1.82) is 0 Å². The molecular weight excluding hydrogens is 396 g/mol. The summed E-state index contributed by atoms with van der Waals surface area (Å²) in [5.41, 5.74) is 3.35. The van der Waals surface area contributed by atoms with Crippen LogP contribution in [0.2, 0.25) is 0 Å². The van der Waals surface area contributed by atoms with Crippen LogP contribution in [-0.4, -0.2) is 24.8 Å². The standard InChI is InChI=1S/C20H23BrN2O3/c1-3-4-13-25-18-9-5-16(6-10-18)14-22-23-20(24)15(2)26-19-11-7-17(21)8-12-19/h5-12,14-15H,3-4,13H2,1-2H3,(H,23,24)/b22-14+. The van der Waals surface area contributed by atoms with Crippen molar-refractivity contribution < 1.29 is 14.3 Å². The molecule has 0 bridgehead atoms. The fourth-order valence-corrected chi connectivity index (χ4v) is 2.28. The molecule has 2 rings (SSSR count). The lowest BCUT2D eigenvalue weighted by Gasteiger charge is -2.12. The Balaban J connectivity index is 1.79. The average Bonchev–Trinajstić information content (AvgIpc) is 2.65. The molecule has 0 aliphatic heterocycles. The van der Waals surface area contributed by atoms with Crippen LogP contribution in [0.5, 0.6) is 11.5 Å². The van der Waals surface area contributed by atoms with Crippen LogP contribution in [0.15, 0.2) is 58.1 Å². The van der Waals surface area contributed by atoms with Crippen LogP contribution in [0.25, 0.3) is 0 Å².